The second-order valence-electron chi connectivity index (χ2n) is 4.73. The van der Waals surface area contributed by atoms with Crippen LogP contribution in [-0.4, -0.2) is 5.78 Å². The summed E-state index contributed by atoms with van der Waals surface area (Å²) in [6.45, 7) is 0.362. The van der Waals surface area contributed by atoms with Gasteiger partial charge in [-0.15, -0.1) is 0 Å². The minimum Gasteiger partial charge on any atom is -0.489 e. The zero-order chi connectivity index (χ0) is 14.1. The molecule has 0 atom stereocenters. The molecule has 0 aromatic heterocycles. The van der Waals surface area contributed by atoms with E-state index in [2.05, 4.69) is 0 Å². The molecule has 3 rings (SSSR count). The van der Waals surface area contributed by atoms with Crippen molar-refractivity contribution < 1.29 is 9.53 Å². The maximum Gasteiger partial charge on any atom is 0.163 e. The first-order valence-electron chi connectivity index (χ1n) is 6.37. The number of carbonyl (C=O) groups excluding carboxylic acids is 1. The molecule has 102 valence electrons. The van der Waals surface area contributed by atoms with Gasteiger partial charge in [-0.25, -0.2) is 0 Å². The Hall–Kier alpha value is -1.51. The van der Waals surface area contributed by atoms with Crippen molar-refractivity contribution in [3.8, 4) is 5.75 Å². The molecule has 0 saturated heterocycles. The third-order valence-corrected chi connectivity index (χ3v) is 4.02. The molecular weight excluding hydrogens is 295 g/mol. The van der Waals surface area contributed by atoms with Crippen LogP contribution in [0.1, 0.15) is 27.9 Å². The van der Waals surface area contributed by atoms with Crippen LogP contribution in [0.5, 0.6) is 5.75 Å². The lowest BCUT2D eigenvalue weighted by atomic mass is 10.1. The number of hydrogen-bond acceptors (Lipinski definition) is 2. The first kappa shape index (κ1) is 13.5. The van der Waals surface area contributed by atoms with Gasteiger partial charge in [0.2, 0.25) is 0 Å². The number of rotatable bonds is 3. The van der Waals surface area contributed by atoms with E-state index in [1.54, 1.807) is 12.1 Å². The summed E-state index contributed by atoms with van der Waals surface area (Å²) >= 11 is 12.0. The van der Waals surface area contributed by atoms with Crippen LogP contribution in [0, 0.1) is 0 Å². The average molecular weight is 307 g/mol. The van der Waals surface area contributed by atoms with Crippen molar-refractivity contribution in [3.05, 3.63) is 63.1 Å². The molecule has 0 radical (unpaired) electrons. The molecule has 1 aliphatic rings. The first-order chi connectivity index (χ1) is 9.65. The quantitative estimate of drug-likeness (QED) is 0.821. The van der Waals surface area contributed by atoms with Crippen molar-refractivity contribution in [2.24, 2.45) is 0 Å². The zero-order valence-corrected chi connectivity index (χ0v) is 12.2. The van der Waals surface area contributed by atoms with E-state index < -0.39 is 0 Å². The van der Waals surface area contributed by atoms with E-state index in [-0.39, 0.29) is 5.78 Å². The standard InChI is InChI=1S/C16H12Cl2O2/c17-11-5-4-10(14(18)8-11)9-20-16-3-1-2-12-13(16)6-7-15(12)19/h1-5,8H,6-7,9H2. The average Bonchev–Trinajstić information content (AvgIpc) is 2.80. The van der Waals surface area contributed by atoms with Crippen molar-refractivity contribution in [2.45, 2.75) is 19.4 Å². The highest BCUT2D eigenvalue weighted by Gasteiger charge is 2.22. The summed E-state index contributed by atoms with van der Waals surface area (Å²) in [6.07, 6.45) is 1.32. The Morgan fingerprint density at radius 2 is 1.95 bits per heavy atom. The Kier molecular flexibility index (Phi) is 3.68. The molecule has 0 aliphatic heterocycles. The molecule has 0 amide bonds. The van der Waals surface area contributed by atoms with E-state index in [1.165, 1.54) is 0 Å². The minimum atomic E-state index is 0.190. The number of halogens is 2. The number of hydrogen-bond donors (Lipinski definition) is 0. The first-order valence-corrected chi connectivity index (χ1v) is 7.12. The van der Waals surface area contributed by atoms with Crippen molar-refractivity contribution in [2.75, 3.05) is 0 Å². The van der Waals surface area contributed by atoms with Gasteiger partial charge in [0, 0.05) is 33.2 Å². The van der Waals surface area contributed by atoms with E-state index in [9.17, 15) is 4.79 Å². The van der Waals surface area contributed by atoms with Crippen molar-refractivity contribution >= 4 is 29.0 Å². The van der Waals surface area contributed by atoms with Crippen LogP contribution >= 0.6 is 23.2 Å². The molecule has 0 bridgehead atoms. The molecule has 0 heterocycles. The maximum absolute atomic E-state index is 11.7. The van der Waals surface area contributed by atoms with Gasteiger partial charge in [-0.05, 0) is 24.6 Å². The number of ether oxygens (including phenoxy) is 1. The maximum atomic E-state index is 11.7. The fraction of sp³-hybridized carbons (Fsp3) is 0.188. The second-order valence-corrected chi connectivity index (χ2v) is 5.57. The Morgan fingerprint density at radius 3 is 2.75 bits per heavy atom. The summed E-state index contributed by atoms with van der Waals surface area (Å²) in [5, 5.41) is 1.19. The molecule has 0 spiro atoms. The van der Waals surface area contributed by atoms with Crippen molar-refractivity contribution in [1.29, 1.82) is 0 Å². The summed E-state index contributed by atoms with van der Waals surface area (Å²) in [5.74, 6) is 0.953. The van der Waals surface area contributed by atoms with E-state index in [0.717, 1.165) is 28.9 Å². The van der Waals surface area contributed by atoms with Gasteiger partial charge >= 0.3 is 0 Å². The van der Waals surface area contributed by atoms with E-state index in [0.29, 0.717) is 23.1 Å². The molecule has 20 heavy (non-hydrogen) atoms. The summed E-state index contributed by atoms with van der Waals surface area (Å²) in [4.78, 5) is 11.7. The Balaban J connectivity index is 1.81. The predicted molar refractivity (Wildman–Crippen MR) is 79.9 cm³/mol. The molecule has 0 unspecified atom stereocenters. The Labute approximate surface area is 127 Å². The molecule has 0 N–H and O–H groups in total. The van der Waals surface area contributed by atoms with Crippen LogP contribution in [-0.2, 0) is 13.0 Å². The van der Waals surface area contributed by atoms with Gasteiger partial charge in [-0.1, -0.05) is 41.4 Å². The van der Waals surface area contributed by atoms with Crippen LogP contribution in [0.15, 0.2) is 36.4 Å². The molecular formula is C16H12Cl2O2. The third kappa shape index (κ3) is 2.54. The van der Waals surface area contributed by atoms with Gasteiger partial charge < -0.3 is 4.74 Å². The number of carbonyl (C=O) groups is 1. The van der Waals surface area contributed by atoms with Crippen LogP contribution < -0.4 is 4.74 Å². The van der Waals surface area contributed by atoms with Crippen LogP contribution in [0.3, 0.4) is 0 Å². The third-order valence-electron chi connectivity index (χ3n) is 3.43. The number of benzene rings is 2. The lowest BCUT2D eigenvalue weighted by molar-refractivity contribution is 0.0994. The number of ketones is 1. The highest BCUT2D eigenvalue weighted by Crippen LogP contribution is 2.31. The van der Waals surface area contributed by atoms with Crippen molar-refractivity contribution in [1.82, 2.24) is 0 Å². The van der Waals surface area contributed by atoms with Gasteiger partial charge in [0.1, 0.15) is 12.4 Å². The zero-order valence-electron chi connectivity index (χ0n) is 10.7. The summed E-state index contributed by atoms with van der Waals surface area (Å²) < 4.78 is 5.82. The van der Waals surface area contributed by atoms with E-state index >= 15 is 0 Å². The Morgan fingerprint density at radius 1 is 1.10 bits per heavy atom. The normalized spacial score (nSPS) is 13.4. The summed E-state index contributed by atoms with van der Waals surface area (Å²) in [6, 6.07) is 10.9. The lowest BCUT2D eigenvalue weighted by Gasteiger charge is -2.11. The van der Waals surface area contributed by atoms with Gasteiger partial charge in [0.15, 0.2) is 5.78 Å². The molecule has 0 saturated carbocycles. The fourth-order valence-electron chi connectivity index (χ4n) is 2.39. The molecule has 0 fully saturated rings. The van der Waals surface area contributed by atoms with Crippen LogP contribution in [0.4, 0.5) is 0 Å². The highest BCUT2D eigenvalue weighted by atomic mass is 35.5. The molecule has 2 aromatic carbocycles. The summed E-state index contributed by atoms with van der Waals surface area (Å²) in [5.41, 5.74) is 2.66. The largest absolute Gasteiger partial charge is 0.489 e. The van der Waals surface area contributed by atoms with E-state index in [4.69, 9.17) is 27.9 Å². The number of fused-ring (bicyclic) bond motifs is 1. The minimum absolute atomic E-state index is 0.190. The molecule has 2 aromatic rings. The fourth-order valence-corrected chi connectivity index (χ4v) is 2.85. The molecule has 1 aliphatic carbocycles. The lowest BCUT2D eigenvalue weighted by Crippen LogP contribution is -1.99. The predicted octanol–water partition coefficient (Wildman–Crippen LogP) is 4.70. The van der Waals surface area contributed by atoms with Gasteiger partial charge in [0.05, 0.1) is 0 Å². The van der Waals surface area contributed by atoms with Crippen molar-refractivity contribution in [3.63, 3.8) is 0 Å². The van der Waals surface area contributed by atoms with Gasteiger partial charge in [0.25, 0.3) is 0 Å². The van der Waals surface area contributed by atoms with E-state index in [1.807, 2.05) is 24.3 Å². The van der Waals surface area contributed by atoms with Crippen LogP contribution in [0.2, 0.25) is 10.0 Å². The number of Topliss-reactive ketones (excluding diaryl/α,β-unsaturated/α-hetero) is 1. The van der Waals surface area contributed by atoms with Gasteiger partial charge in [-0.3, -0.25) is 4.79 Å². The topological polar surface area (TPSA) is 26.3 Å². The highest BCUT2D eigenvalue weighted by molar-refractivity contribution is 6.35. The SMILES string of the molecule is O=C1CCc2c(OCc3ccc(Cl)cc3Cl)cccc21. The molecule has 2 nitrogen and oxygen atoms in total. The smallest absolute Gasteiger partial charge is 0.163 e. The second kappa shape index (κ2) is 5.47. The monoisotopic (exact) mass is 306 g/mol. The van der Waals surface area contributed by atoms with Crippen LogP contribution in [0.25, 0.3) is 0 Å². The summed E-state index contributed by atoms with van der Waals surface area (Å²) in [7, 11) is 0. The Bertz CT molecular complexity index is 680. The van der Waals surface area contributed by atoms with Gasteiger partial charge in [-0.2, -0.15) is 0 Å². The molecule has 4 heteroatoms.